The highest BCUT2D eigenvalue weighted by molar-refractivity contribution is 7.92. The number of benzene rings is 2. The van der Waals surface area contributed by atoms with E-state index in [1.165, 1.54) is 18.2 Å². The Bertz CT molecular complexity index is 1130. The molecule has 0 unspecified atom stereocenters. The molecular weight excluding hydrogens is 369 g/mol. The van der Waals surface area contributed by atoms with Crippen molar-refractivity contribution in [1.82, 2.24) is 9.97 Å². The number of aromatic nitrogens is 2. The van der Waals surface area contributed by atoms with Gasteiger partial charge in [0, 0.05) is 11.8 Å². The monoisotopic (exact) mass is 387 g/mol. The van der Waals surface area contributed by atoms with Crippen LogP contribution in [0.5, 0.6) is 0 Å². The fourth-order valence-electron chi connectivity index (χ4n) is 2.67. The van der Waals surface area contributed by atoms with E-state index in [0.29, 0.717) is 23.1 Å². The highest BCUT2D eigenvalue weighted by atomic mass is 32.2. The summed E-state index contributed by atoms with van der Waals surface area (Å²) in [5, 5.41) is 0. The zero-order chi connectivity index (χ0) is 19.6. The van der Waals surface area contributed by atoms with Crippen LogP contribution in [0.25, 0.3) is 11.0 Å². The Hall–Kier alpha value is -2.87. The molecule has 1 N–H and O–H groups in total. The first-order chi connectivity index (χ1) is 12.8. The normalized spacial score (nSPS) is 11.5. The summed E-state index contributed by atoms with van der Waals surface area (Å²) in [5.74, 6) is -1.60. The summed E-state index contributed by atoms with van der Waals surface area (Å²) in [7, 11) is -3.67. The van der Waals surface area contributed by atoms with E-state index in [1.54, 1.807) is 38.2 Å². The second kappa shape index (κ2) is 7.40. The highest BCUT2D eigenvalue weighted by Gasteiger charge is 2.20. The Morgan fingerprint density at radius 2 is 1.96 bits per heavy atom. The van der Waals surface area contributed by atoms with Crippen LogP contribution in [-0.2, 0) is 10.0 Å². The van der Waals surface area contributed by atoms with E-state index in [4.69, 9.17) is 0 Å². The summed E-state index contributed by atoms with van der Waals surface area (Å²) in [5.41, 5.74) is 1.64. The van der Waals surface area contributed by atoms with Crippen LogP contribution in [0.15, 0.2) is 42.6 Å². The first-order valence-electron chi connectivity index (χ1n) is 8.38. The maximum absolute atomic E-state index is 14.8. The number of nitrogens with zero attached hydrogens (tertiary/aromatic N) is 2. The zero-order valence-electron chi connectivity index (χ0n) is 14.9. The minimum atomic E-state index is -3.67. The Labute approximate surface area is 156 Å². The molecule has 0 aliphatic rings. The maximum Gasteiger partial charge on any atom is 0.232 e. The zero-order valence-corrected chi connectivity index (χ0v) is 15.7. The van der Waals surface area contributed by atoms with Gasteiger partial charge in [-0.1, -0.05) is 13.0 Å². The second-order valence-corrected chi connectivity index (χ2v) is 7.97. The van der Waals surface area contributed by atoms with Crippen LogP contribution in [0.2, 0.25) is 0 Å². The Morgan fingerprint density at radius 3 is 2.70 bits per heavy atom. The molecule has 0 atom stereocenters. The molecule has 0 bridgehead atoms. The predicted molar refractivity (Wildman–Crippen MR) is 102 cm³/mol. The van der Waals surface area contributed by atoms with Crippen LogP contribution in [-0.4, -0.2) is 29.9 Å². The average molecular weight is 387 g/mol. The molecule has 2 aromatic carbocycles. The number of rotatable bonds is 6. The fourth-order valence-corrected chi connectivity index (χ4v) is 3.81. The second-order valence-electron chi connectivity index (χ2n) is 6.13. The quantitative estimate of drug-likeness (QED) is 0.654. The Kier molecular flexibility index (Phi) is 5.18. The van der Waals surface area contributed by atoms with Crippen molar-refractivity contribution >= 4 is 32.5 Å². The first-order valence-corrected chi connectivity index (χ1v) is 10.0. The van der Waals surface area contributed by atoms with E-state index in [2.05, 4.69) is 14.7 Å². The van der Waals surface area contributed by atoms with Crippen LogP contribution in [0.3, 0.4) is 0 Å². The summed E-state index contributed by atoms with van der Waals surface area (Å²) in [6.07, 6.45) is 2.02. The summed E-state index contributed by atoms with van der Waals surface area (Å²) in [4.78, 5) is 21.3. The SMILES string of the molecule is CCCS(=O)(=O)Nc1cccc(C(=O)c2ccc3ncc(C)nc3c2)c1F. The predicted octanol–water partition coefficient (Wildman–Crippen LogP) is 3.46. The lowest BCUT2D eigenvalue weighted by atomic mass is 10.0. The standard InChI is InChI=1S/C19H18FN3O3S/c1-3-9-27(25,26)23-16-6-4-5-14(18(16)20)19(24)13-7-8-15-17(10-13)22-12(2)11-21-15/h4-8,10-11,23H,3,9H2,1-2H3. The average Bonchev–Trinajstić information content (AvgIpc) is 2.62. The van der Waals surface area contributed by atoms with Gasteiger partial charge >= 0.3 is 0 Å². The number of halogens is 1. The third kappa shape index (κ3) is 4.11. The van der Waals surface area contributed by atoms with Crippen LogP contribution < -0.4 is 4.72 Å². The van der Waals surface area contributed by atoms with Crippen LogP contribution in [0.4, 0.5) is 10.1 Å². The maximum atomic E-state index is 14.8. The van der Waals surface area contributed by atoms with Crippen molar-refractivity contribution < 1.29 is 17.6 Å². The van der Waals surface area contributed by atoms with Crippen molar-refractivity contribution in [2.75, 3.05) is 10.5 Å². The largest absolute Gasteiger partial charge is 0.288 e. The van der Waals surface area contributed by atoms with Gasteiger partial charge in [0.15, 0.2) is 11.6 Å². The third-order valence-corrected chi connectivity index (χ3v) is 5.38. The minimum absolute atomic E-state index is 0.132. The summed E-state index contributed by atoms with van der Waals surface area (Å²) in [6.45, 7) is 3.49. The minimum Gasteiger partial charge on any atom is -0.288 e. The smallest absolute Gasteiger partial charge is 0.232 e. The van der Waals surface area contributed by atoms with E-state index in [1.807, 2.05) is 0 Å². The Balaban J connectivity index is 1.99. The molecule has 0 spiro atoms. The lowest BCUT2D eigenvalue weighted by Gasteiger charge is -2.11. The molecule has 0 aliphatic heterocycles. The van der Waals surface area contributed by atoms with Crippen LogP contribution >= 0.6 is 0 Å². The lowest BCUT2D eigenvalue weighted by molar-refractivity contribution is 0.103. The molecule has 3 aromatic rings. The summed E-state index contributed by atoms with van der Waals surface area (Å²) < 4.78 is 40.8. The molecule has 0 fully saturated rings. The van der Waals surface area contributed by atoms with Crippen molar-refractivity contribution in [3.05, 3.63) is 65.2 Å². The number of anilines is 1. The molecule has 0 radical (unpaired) electrons. The lowest BCUT2D eigenvalue weighted by Crippen LogP contribution is -2.18. The molecule has 140 valence electrons. The van der Waals surface area contributed by atoms with Crippen LogP contribution in [0.1, 0.15) is 35.0 Å². The topological polar surface area (TPSA) is 89.0 Å². The van der Waals surface area contributed by atoms with E-state index in [0.717, 1.165) is 0 Å². The fraction of sp³-hybridized carbons (Fsp3) is 0.211. The Morgan fingerprint density at radius 1 is 1.19 bits per heavy atom. The number of ketones is 1. The van der Waals surface area contributed by atoms with Gasteiger partial charge in [0.05, 0.1) is 33.7 Å². The van der Waals surface area contributed by atoms with Crippen molar-refractivity contribution in [1.29, 1.82) is 0 Å². The molecule has 0 saturated heterocycles. The van der Waals surface area contributed by atoms with E-state index >= 15 is 0 Å². The van der Waals surface area contributed by atoms with E-state index in [-0.39, 0.29) is 22.6 Å². The molecule has 0 aliphatic carbocycles. The molecule has 3 rings (SSSR count). The number of carbonyl (C=O) groups is 1. The molecule has 8 heteroatoms. The third-order valence-electron chi connectivity index (χ3n) is 3.91. The molecular formula is C19H18FN3O3S. The number of sulfonamides is 1. The molecule has 27 heavy (non-hydrogen) atoms. The van der Waals surface area contributed by atoms with Crippen molar-refractivity contribution in [2.45, 2.75) is 20.3 Å². The van der Waals surface area contributed by atoms with Gasteiger partial charge < -0.3 is 0 Å². The van der Waals surface area contributed by atoms with Gasteiger partial charge in [-0.2, -0.15) is 0 Å². The number of carbonyl (C=O) groups excluding carboxylic acids is 1. The van der Waals surface area contributed by atoms with E-state index in [9.17, 15) is 17.6 Å². The molecule has 0 saturated carbocycles. The summed E-state index contributed by atoms with van der Waals surface area (Å²) in [6, 6.07) is 8.77. The number of hydrogen-bond donors (Lipinski definition) is 1. The van der Waals surface area contributed by atoms with Gasteiger partial charge in [-0.15, -0.1) is 0 Å². The highest BCUT2D eigenvalue weighted by Crippen LogP contribution is 2.23. The van der Waals surface area contributed by atoms with Crippen molar-refractivity contribution in [2.24, 2.45) is 0 Å². The van der Waals surface area contributed by atoms with Gasteiger partial charge in [0.25, 0.3) is 0 Å². The van der Waals surface area contributed by atoms with E-state index < -0.39 is 21.6 Å². The number of hydrogen-bond acceptors (Lipinski definition) is 5. The molecule has 0 amide bonds. The first kappa shape index (κ1) is 18.9. The van der Waals surface area contributed by atoms with Gasteiger partial charge in [-0.05, 0) is 43.7 Å². The number of aryl methyl sites for hydroxylation is 1. The van der Waals surface area contributed by atoms with Gasteiger partial charge in [-0.3, -0.25) is 14.5 Å². The van der Waals surface area contributed by atoms with Crippen molar-refractivity contribution in [3.63, 3.8) is 0 Å². The van der Waals surface area contributed by atoms with Gasteiger partial charge in [0.2, 0.25) is 10.0 Å². The van der Waals surface area contributed by atoms with Gasteiger partial charge in [0.1, 0.15) is 0 Å². The number of nitrogens with one attached hydrogen (secondary N) is 1. The molecule has 1 aromatic heterocycles. The number of fused-ring (bicyclic) bond motifs is 1. The molecule has 6 nitrogen and oxygen atoms in total. The molecule has 1 heterocycles. The van der Waals surface area contributed by atoms with Crippen LogP contribution in [0, 0.1) is 12.7 Å². The van der Waals surface area contributed by atoms with Gasteiger partial charge in [-0.25, -0.2) is 17.8 Å². The summed E-state index contributed by atoms with van der Waals surface area (Å²) >= 11 is 0. The van der Waals surface area contributed by atoms with Crippen molar-refractivity contribution in [3.8, 4) is 0 Å².